The highest BCUT2D eigenvalue weighted by Gasteiger charge is 2.30. The van der Waals surface area contributed by atoms with Crippen LogP contribution < -0.4 is 9.64 Å². The van der Waals surface area contributed by atoms with Gasteiger partial charge in [0, 0.05) is 12.1 Å². The maximum atomic E-state index is 13.3. The van der Waals surface area contributed by atoms with E-state index in [1.165, 1.54) is 4.90 Å². The van der Waals surface area contributed by atoms with Crippen molar-refractivity contribution in [2.24, 2.45) is 0 Å². The van der Waals surface area contributed by atoms with Gasteiger partial charge in [-0.05, 0) is 42.2 Å². The average Bonchev–Trinajstić information content (AvgIpc) is 3.04. The van der Waals surface area contributed by atoms with Gasteiger partial charge in [0.25, 0.3) is 11.1 Å². The van der Waals surface area contributed by atoms with E-state index in [2.05, 4.69) is 0 Å². The molecule has 0 saturated carbocycles. The van der Waals surface area contributed by atoms with Crippen LogP contribution in [0.3, 0.4) is 0 Å². The summed E-state index contributed by atoms with van der Waals surface area (Å²) in [5.74, 6) is 0.566. The normalized spacial score (nSPS) is 16.3. The van der Waals surface area contributed by atoms with Crippen molar-refractivity contribution in [3.63, 3.8) is 0 Å². The summed E-state index contributed by atoms with van der Waals surface area (Å²) in [6.07, 6.45) is 1.80. The quantitative estimate of drug-likeness (QED) is 0.792. The molecule has 144 valence electrons. The number of anilines is 1. The van der Waals surface area contributed by atoms with Crippen molar-refractivity contribution in [1.29, 1.82) is 0 Å². The number of carbonyl (C=O) groups excluding carboxylic acids is 3. The molecular weight excluding hydrogens is 376 g/mol. The van der Waals surface area contributed by atoms with E-state index in [0.717, 1.165) is 41.4 Å². The second-order valence-corrected chi connectivity index (χ2v) is 7.69. The maximum absolute atomic E-state index is 13.3. The van der Waals surface area contributed by atoms with Gasteiger partial charge in [0.1, 0.15) is 5.75 Å². The van der Waals surface area contributed by atoms with Gasteiger partial charge in [0.15, 0.2) is 0 Å². The Morgan fingerprint density at radius 2 is 2.00 bits per heavy atom. The van der Waals surface area contributed by atoms with Crippen LogP contribution in [0, 0.1) is 0 Å². The van der Waals surface area contributed by atoms with Gasteiger partial charge in [-0.25, -0.2) is 0 Å². The number of thioether (sulfide) groups is 1. The van der Waals surface area contributed by atoms with Crippen LogP contribution in [0.15, 0.2) is 42.5 Å². The SMILES string of the molecule is COc1cccc2c1N(C(=O)c1cccc(CN3C(=O)CSC3=O)c1)CCC2. The zero-order valence-corrected chi connectivity index (χ0v) is 16.3. The molecule has 0 radical (unpaired) electrons. The number of carbonyl (C=O) groups is 3. The van der Waals surface area contributed by atoms with Crippen molar-refractivity contribution >= 4 is 34.5 Å². The van der Waals surface area contributed by atoms with Crippen LogP contribution in [0.25, 0.3) is 0 Å². The van der Waals surface area contributed by atoms with Gasteiger partial charge in [-0.1, -0.05) is 36.0 Å². The lowest BCUT2D eigenvalue weighted by atomic mass is 9.99. The third-order valence-electron chi connectivity index (χ3n) is 5.00. The monoisotopic (exact) mass is 396 g/mol. The number of aryl methyl sites for hydroxylation is 1. The third kappa shape index (κ3) is 3.38. The van der Waals surface area contributed by atoms with Crippen molar-refractivity contribution in [1.82, 2.24) is 4.90 Å². The number of ether oxygens (including phenoxy) is 1. The topological polar surface area (TPSA) is 66.9 Å². The van der Waals surface area contributed by atoms with E-state index in [4.69, 9.17) is 4.74 Å². The molecule has 0 spiro atoms. The number of nitrogens with zero attached hydrogens (tertiary/aromatic N) is 2. The van der Waals surface area contributed by atoms with Crippen LogP contribution in [0.1, 0.15) is 27.9 Å². The zero-order valence-electron chi connectivity index (χ0n) is 15.5. The summed E-state index contributed by atoms with van der Waals surface area (Å²) in [5.41, 5.74) is 3.21. The van der Waals surface area contributed by atoms with E-state index in [-0.39, 0.29) is 29.4 Å². The number of rotatable bonds is 4. The minimum atomic E-state index is -0.239. The fourth-order valence-electron chi connectivity index (χ4n) is 3.66. The van der Waals surface area contributed by atoms with Crippen LogP contribution in [0.5, 0.6) is 5.75 Å². The van der Waals surface area contributed by atoms with Crippen LogP contribution in [0.4, 0.5) is 10.5 Å². The number of benzene rings is 2. The number of hydrogen-bond donors (Lipinski definition) is 0. The molecule has 0 atom stereocenters. The summed E-state index contributed by atoms with van der Waals surface area (Å²) in [4.78, 5) is 40.0. The predicted molar refractivity (Wildman–Crippen MR) is 108 cm³/mol. The van der Waals surface area contributed by atoms with E-state index < -0.39 is 0 Å². The van der Waals surface area contributed by atoms with Crippen molar-refractivity contribution in [2.75, 3.05) is 24.3 Å². The fraction of sp³-hybridized carbons (Fsp3) is 0.286. The molecule has 28 heavy (non-hydrogen) atoms. The van der Waals surface area contributed by atoms with Crippen LogP contribution in [-0.4, -0.2) is 41.4 Å². The van der Waals surface area contributed by atoms with Crippen molar-refractivity contribution < 1.29 is 19.1 Å². The smallest absolute Gasteiger partial charge is 0.289 e. The zero-order chi connectivity index (χ0) is 19.7. The first-order valence-electron chi connectivity index (χ1n) is 9.12. The molecule has 2 heterocycles. The third-order valence-corrected chi connectivity index (χ3v) is 5.86. The predicted octanol–water partition coefficient (Wildman–Crippen LogP) is 3.48. The number of methoxy groups -OCH3 is 1. The van der Waals surface area contributed by atoms with Crippen LogP contribution in [0.2, 0.25) is 0 Å². The first-order chi connectivity index (χ1) is 13.6. The minimum absolute atomic E-state index is 0.110. The molecule has 0 unspecified atom stereocenters. The Balaban J connectivity index is 1.62. The van der Waals surface area contributed by atoms with E-state index >= 15 is 0 Å². The molecule has 2 aliphatic rings. The van der Waals surface area contributed by atoms with Gasteiger partial charge >= 0.3 is 0 Å². The number of para-hydroxylation sites is 1. The van der Waals surface area contributed by atoms with Gasteiger partial charge in [0.2, 0.25) is 5.91 Å². The molecule has 7 heteroatoms. The Bertz CT molecular complexity index is 929. The molecular formula is C21H20N2O4S. The molecule has 0 aromatic heterocycles. The Hall–Kier alpha value is -2.80. The molecule has 0 bridgehead atoms. The molecule has 2 aromatic rings. The number of amides is 3. The molecule has 3 amide bonds. The molecule has 1 saturated heterocycles. The lowest BCUT2D eigenvalue weighted by Gasteiger charge is -2.31. The lowest BCUT2D eigenvalue weighted by Crippen LogP contribution is -2.36. The summed E-state index contributed by atoms with van der Waals surface area (Å²) >= 11 is 1.01. The molecule has 1 fully saturated rings. The average molecular weight is 396 g/mol. The number of hydrogen-bond acceptors (Lipinski definition) is 5. The Kier molecular flexibility index (Phi) is 5.09. The van der Waals surface area contributed by atoms with E-state index in [1.54, 1.807) is 30.2 Å². The second-order valence-electron chi connectivity index (χ2n) is 6.76. The first kappa shape index (κ1) is 18.6. The molecule has 2 aliphatic heterocycles. The Labute approximate surface area is 167 Å². The Morgan fingerprint density at radius 3 is 2.75 bits per heavy atom. The second kappa shape index (κ2) is 7.67. The summed E-state index contributed by atoms with van der Waals surface area (Å²) in [5, 5.41) is -0.239. The molecule has 0 aliphatic carbocycles. The van der Waals surface area contributed by atoms with Gasteiger partial charge in [0.05, 0.1) is 25.1 Å². The number of imide groups is 1. The summed E-state index contributed by atoms with van der Waals surface area (Å²) in [7, 11) is 1.61. The van der Waals surface area contributed by atoms with Gasteiger partial charge in [-0.2, -0.15) is 0 Å². The van der Waals surface area contributed by atoms with Crippen LogP contribution in [-0.2, 0) is 17.8 Å². The summed E-state index contributed by atoms with van der Waals surface area (Å²) in [6, 6.07) is 13.0. The van der Waals surface area contributed by atoms with Gasteiger partial charge in [-0.15, -0.1) is 0 Å². The molecule has 6 nitrogen and oxygen atoms in total. The first-order valence-corrected chi connectivity index (χ1v) is 10.1. The van der Waals surface area contributed by atoms with Crippen molar-refractivity contribution in [3.8, 4) is 5.75 Å². The highest BCUT2D eigenvalue weighted by Crippen LogP contribution is 2.37. The summed E-state index contributed by atoms with van der Waals surface area (Å²) in [6.45, 7) is 0.807. The Morgan fingerprint density at radius 1 is 1.18 bits per heavy atom. The van der Waals surface area contributed by atoms with E-state index in [9.17, 15) is 14.4 Å². The highest BCUT2D eigenvalue weighted by atomic mass is 32.2. The lowest BCUT2D eigenvalue weighted by molar-refractivity contribution is -0.125. The van der Waals surface area contributed by atoms with Gasteiger partial charge < -0.3 is 9.64 Å². The van der Waals surface area contributed by atoms with Crippen molar-refractivity contribution in [3.05, 3.63) is 59.2 Å². The fourth-order valence-corrected chi connectivity index (χ4v) is 4.38. The molecule has 0 N–H and O–H groups in total. The summed E-state index contributed by atoms with van der Waals surface area (Å²) < 4.78 is 5.49. The molecule has 2 aromatic carbocycles. The maximum Gasteiger partial charge on any atom is 0.289 e. The minimum Gasteiger partial charge on any atom is -0.495 e. The van der Waals surface area contributed by atoms with E-state index in [0.29, 0.717) is 17.9 Å². The molecule has 4 rings (SSSR count). The van der Waals surface area contributed by atoms with Crippen molar-refractivity contribution in [2.45, 2.75) is 19.4 Å². The standard InChI is InChI=1S/C21H20N2O4S/c1-27-17-9-3-6-15-8-4-10-22(19(15)17)20(25)16-7-2-5-14(11-16)12-23-18(24)13-28-21(23)26/h2-3,5-7,9,11H,4,8,10,12-13H2,1H3. The highest BCUT2D eigenvalue weighted by molar-refractivity contribution is 8.14. The van der Waals surface area contributed by atoms with Gasteiger partial charge in [-0.3, -0.25) is 19.3 Å². The van der Waals surface area contributed by atoms with E-state index in [1.807, 2.05) is 24.3 Å². The van der Waals surface area contributed by atoms with Crippen LogP contribution >= 0.6 is 11.8 Å². The number of fused-ring (bicyclic) bond motifs is 1. The largest absolute Gasteiger partial charge is 0.495 e.